The average Bonchev–Trinajstić information content (AvgIpc) is 2.92. The number of ether oxygens (including phenoxy) is 1. The Labute approximate surface area is 155 Å². The number of nitrogens with one attached hydrogen (secondary N) is 2. The van der Waals surface area contributed by atoms with Crippen LogP contribution in [0.1, 0.15) is 23.7 Å². The largest absolute Gasteiger partial charge is 0.449 e. The first kappa shape index (κ1) is 18.7. The number of hydrogen-bond acceptors (Lipinski definition) is 7. The highest BCUT2D eigenvalue weighted by atomic mass is 32.2. The van der Waals surface area contributed by atoms with Crippen molar-refractivity contribution in [1.82, 2.24) is 5.32 Å². The van der Waals surface area contributed by atoms with Crippen LogP contribution in [0, 0.1) is 0 Å². The number of esters is 1. The van der Waals surface area contributed by atoms with Gasteiger partial charge in [-0.15, -0.1) is 11.8 Å². The molecule has 26 heavy (non-hydrogen) atoms. The first-order valence-electron chi connectivity index (χ1n) is 8.02. The number of fused-ring (bicyclic) bond motifs is 1. The fourth-order valence-electron chi connectivity index (χ4n) is 2.72. The Kier molecular flexibility index (Phi) is 5.24. The van der Waals surface area contributed by atoms with E-state index in [9.17, 15) is 22.8 Å². The summed E-state index contributed by atoms with van der Waals surface area (Å²) >= 11 is 1.38. The van der Waals surface area contributed by atoms with Gasteiger partial charge in [0.2, 0.25) is 5.91 Å². The molecule has 8 nitrogen and oxygen atoms in total. The maximum Gasteiger partial charge on any atom is 0.338 e. The lowest BCUT2D eigenvalue weighted by molar-refractivity contribution is -0.129. The van der Waals surface area contributed by atoms with Crippen LogP contribution in [-0.2, 0) is 24.2 Å². The standard InChI is InChI=1S/C16H18N2O6S2/c1-9(15(20)17-11-4-5-26(22,23)8-11)24-16(21)10-2-3-13-12(6-10)18-14(19)7-25-13/h2-3,6,9,11H,4-5,7-8H2,1H3,(H,17,20)(H,18,19)/t9-,11+/m1/s1. The minimum Gasteiger partial charge on any atom is -0.449 e. The Hall–Kier alpha value is -2.07. The van der Waals surface area contributed by atoms with Gasteiger partial charge < -0.3 is 15.4 Å². The van der Waals surface area contributed by atoms with Gasteiger partial charge in [0.05, 0.1) is 28.5 Å². The molecular weight excluding hydrogens is 380 g/mol. The van der Waals surface area contributed by atoms with E-state index in [1.54, 1.807) is 12.1 Å². The molecule has 2 heterocycles. The fourth-order valence-corrected chi connectivity index (χ4v) is 5.18. The van der Waals surface area contributed by atoms with Crippen LogP contribution in [0.15, 0.2) is 23.1 Å². The molecule has 1 aromatic carbocycles. The molecule has 1 saturated heterocycles. The first-order valence-corrected chi connectivity index (χ1v) is 10.8. The van der Waals surface area contributed by atoms with Crippen molar-refractivity contribution in [1.29, 1.82) is 0 Å². The summed E-state index contributed by atoms with van der Waals surface area (Å²) in [7, 11) is -3.11. The first-order chi connectivity index (χ1) is 12.2. The number of sulfone groups is 1. The van der Waals surface area contributed by atoms with E-state index in [0.29, 0.717) is 17.9 Å². The normalized spacial score (nSPS) is 22.0. The van der Waals surface area contributed by atoms with Gasteiger partial charge in [-0.3, -0.25) is 9.59 Å². The number of anilines is 1. The van der Waals surface area contributed by atoms with Crippen LogP contribution in [0.5, 0.6) is 0 Å². The summed E-state index contributed by atoms with van der Waals surface area (Å²) in [6.07, 6.45) is -0.706. The molecule has 2 amide bonds. The van der Waals surface area contributed by atoms with Gasteiger partial charge in [-0.2, -0.15) is 0 Å². The quantitative estimate of drug-likeness (QED) is 0.712. The van der Waals surface area contributed by atoms with Crippen LogP contribution < -0.4 is 10.6 Å². The minimum absolute atomic E-state index is 0.0466. The zero-order chi connectivity index (χ0) is 18.9. The van der Waals surface area contributed by atoms with Crippen molar-refractivity contribution >= 4 is 45.1 Å². The summed E-state index contributed by atoms with van der Waals surface area (Å²) in [6.45, 7) is 1.42. The van der Waals surface area contributed by atoms with Crippen molar-refractivity contribution in [2.75, 3.05) is 22.6 Å². The molecule has 0 bridgehead atoms. The van der Waals surface area contributed by atoms with Crippen molar-refractivity contribution in [3.8, 4) is 0 Å². The third-order valence-corrected chi connectivity index (χ3v) is 6.92. The van der Waals surface area contributed by atoms with Crippen LogP contribution >= 0.6 is 11.8 Å². The van der Waals surface area contributed by atoms with Crippen molar-refractivity contribution in [3.05, 3.63) is 23.8 Å². The molecule has 10 heteroatoms. The average molecular weight is 398 g/mol. The number of carbonyl (C=O) groups is 3. The van der Waals surface area contributed by atoms with Gasteiger partial charge in [0.25, 0.3) is 5.91 Å². The topological polar surface area (TPSA) is 119 Å². The molecule has 0 radical (unpaired) electrons. The van der Waals surface area contributed by atoms with Crippen LogP contribution in [0.4, 0.5) is 5.69 Å². The number of amides is 2. The number of carbonyl (C=O) groups excluding carboxylic acids is 3. The van der Waals surface area contributed by atoms with E-state index in [1.165, 1.54) is 24.8 Å². The van der Waals surface area contributed by atoms with Crippen LogP contribution in [0.2, 0.25) is 0 Å². The van der Waals surface area contributed by atoms with Crippen LogP contribution in [0.3, 0.4) is 0 Å². The highest BCUT2D eigenvalue weighted by molar-refractivity contribution is 8.00. The van der Waals surface area contributed by atoms with Gasteiger partial charge in [-0.05, 0) is 31.5 Å². The number of thioether (sulfide) groups is 1. The second-order valence-electron chi connectivity index (χ2n) is 6.20. The van der Waals surface area contributed by atoms with Crippen LogP contribution in [0.25, 0.3) is 0 Å². The number of rotatable bonds is 4. The van der Waals surface area contributed by atoms with Gasteiger partial charge in [-0.1, -0.05) is 0 Å². The highest BCUT2D eigenvalue weighted by Gasteiger charge is 2.31. The maximum atomic E-state index is 12.2. The third kappa shape index (κ3) is 4.36. The lowest BCUT2D eigenvalue weighted by atomic mass is 10.2. The molecule has 2 N–H and O–H groups in total. The molecule has 0 spiro atoms. The van der Waals surface area contributed by atoms with Crippen molar-refractivity contribution < 1.29 is 27.5 Å². The summed E-state index contributed by atoms with van der Waals surface area (Å²) < 4.78 is 28.0. The maximum absolute atomic E-state index is 12.2. The fraction of sp³-hybridized carbons (Fsp3) is 0.438. The zero-order valence-corrected chi connectivity index (χ0v) is 15.6. The van der Waals surface area contributed by atoms with Crippen LogP contribution in [-0.4, -0.2) is 55.6 Å². The molecule has 2 atom stereocenters. The van der Waals surface area contributed by atoms with Gasteiger partial charge in [0, 0.05) is 10.9 Å². The molecule has 3 rings (SSSR count). The van der Waals surface area contributed by atoms with Gasteiger partial charge in [0.15, 0.2) is 15.9 Å². The Morgan fingerprint density at radius 1 is 1.38 bits per heavy atom. The number of hydrogen-bond donors (Lipinski definition) is 2. The molecule has 140 valence electrons. The summed E-state index contributed by atoms with van der Waals surface area (Å²) in [5, 5.41) is 5.27. The lowest BCUT2D eigenvalue weighted by Crippen LogP contribution is -2.42. The second kappa shape index (κ2) is 7.28. The monoisotopic (exact) mass is 398 g/mol. The molecule has 2 aliphatic rings. The van der Waals surface area contributed by atoms with Crippen molar-refractivity contribution in [2.45, 2.75) is 30.4 Å². The van der Waals surface area contributed by atoms with E-state index >= 15 is 0 Å². The summed E-state index contributed by atoms with van der Waals surface area (Å²) in [5.41, 5.74) is 0.753. The molecule has 1 aromatic rings. The van der Waals surface area contributed by atoms with Gasteiger partial charge in [-0.25, -0.2) is 13.2 Å². The van der Waals surface area contributed by atoms with E-state index in [2.05, 4.69) is 10.6 Å². The Morgan fingerprint density at radius 2 is 2.15 bits per heavy atom. The molecule has 0 saturated carbocycles. The minimum atomic E-state index is -3.11. The Bertz CT molecular complexity index is 867. The van der Waals surface area contributed by atoms with Gasteiger partial charge in [0.1, 0.15) is 0 Å². The predicted octanol–water partition coefficient (Wildman–Crippen LogP) is 0.579. The third-order valence-electron chi connectivity index (χ3n) is 4.08. The van der Waals surface area contributed by atoms with E-state index < -0.39 is 33.9 Å². The van der Waals surface area contributed by atoms with Crippen molar-refractivity contribution in [3.63, 3.8) is 0 Å². The second-order valence-corrected chi connectivity index (χ2v) is 9.45. The molecule has 0 aliphatic carbocycles. The summed E-state index contributed by atoms with van der Waals surface area (Å²) in [5.74, 6) is -1.11. The van der Waals surface area contributed by atoms with E-state index in [-0.39, 0.29) is 23.0 Å². The SMILES string of the molecule is C[C@@H](OC(=O)c1ccc2c(c1)NC(=O)CS2)C(=O)N[C@H]1CCS(=O)(=O)C1. The number of benzene rings is 1. The Morgan fingerprint density at radius 3 is 2.85 bits per heavy atom. The van der Waals surface area contributed by atoms with E-state index in [1.807, 2.05) is 0 Å². The molecule has 1 fully saturated rings. The molecule has 0 unspecified atom stereocenters. The lowest BCUT2D eigenvalue weighted by Gasteiger charge is -2.18. The predicted molar refractivity (Wildman–Crippen MR) is 95.9 cm³/mol. The van der Waals surface area contributed by atoms with Crippen molar-refractivity contribution in [2.24, 2.45) is 0 Å². The van der Waals surface area contributed by atoms with E-state index in [4.69, 9.17) is 4.74 Å². The molecule has 0 aromatic heterocycles. The smallest absolute Gasteiger partial charge is 0.338 e. The summed E-state index contributed by atoms with van der Waals surface area (Å²) in [4.78, 5) is 36.7. The van der Waals surface area contributed by atoms with E-state index in [0.717, 1.165) is 4.90 Å². The summed E-state index contributed by atoms with van der Waals surface area (Å²) in [6, 6.07) is 4.34. The zero-order valence-electron chi connectivity index (χ0n) is 14.0. The molecular formula is C16H18N2O6S2. The Balaban J connectivity index is 1.59. The molecule has 2 aliphatic heterocycles. The van der Waals surface area contributed by atoms with Gasteiger partial charge >= 0.3 is 5.97 Å². The highest BCUT2D eigenvalue weighted by Crippen LogP contribution is 2.32.